The molecule has 0 radical (unpaired) electrons. The van der Waals surface area contributed by atoms with Crippen molar-refractivity contribution in [3.05, 3.63) is 35.9 Å². The summed E-state index contributed by atoms with van der Waals surface area (Å²) in [6, 6.07) is 10.2. The molecule has 1 aliphatic heterocycles. The zero-order valence-corrected chi connectivity index (χ0v) is 10.4. The van der Waals surface area contributed by atoms with Gasteiger partial charge in [0, 0.05) is 25.0 Å². The Balaban J connectivity index is 1.83. The fraction of sp³-hybridized carbons (Fsp3) is 0.429. The van der Waals surface area contributed by atoms with Gasteiger partial charge in [-0.05, 0) is 5.56 Å². The molecule has 0 amide bonds. The second kappa shape index (κ2) is 5.40. The van der Waals surface area contributed by atoms with E-state index in [-0.39, 0.29) is 12.5 Å². The van der Waals surface area contributed by atoms with Crippen molar-refractivity contribution in [1.82, 2.24) is 0 Å². The van der Waals surface area contributed by atoms with Crippen LogP contribution in [0.5, 0.6) is 0 Å². The molecule has 1 heterocycles. The zero-order valence-electron chi connectivity index (χ0n) is 10.4. The van der Waals surface area contributed by atoms with Gasteiger partial charge in [0.15, 0.2) is 0 Å². The van der Waals surface area contributed by atoms with Gasteiger partial charge in [0.25, 0.3) is 0 Å². The summed E-state index contributed by atoms with van der Waals surface area (Å²) in [4.78, 5) is 0. The van der Waals surface area contributed by atoms with Crippen molar-refractivity contribution >= 4 is 7.12 Å². The van der Waals surface area contributed by atoms with Crippen LogP contribution in [0.1, 0.15) is 19.4 Å². The van der Waals surface area contributed by atoms with Crippen LogP contribution in [0, 0.1) is 17.2 Å². The minimum Gasteiger partial charge on any atom is -0.400 e. The third-order valence-electron chi connectivity index (χ3n) is 2.61. The quantitative estimate of drug-likeness (QED) is 0.542. The Morgan fingerprint density at radius 3 is 2.47 bits per heavy atom. The van der Waals surface area contributed by atoms with Gasteiger partial charge in [0.1, 0.15) is 0 Å². The van der Waals surface area contributed by atoms with Crippen LogP contribution in [0.2, 0.25) is 0 Å². The summed E-state index contributed by atoms with van der Waals surface area (Å²) in [6.07, 6.45) is 0.744. The summed E-state index contributed by atoms with van der Waals surface area (Å²) in [5.74, 6) is 6.11. The molecule has 1 fully saturated rings. The van der Waals surface area contributed by atoms with Crippen LogP contribution in [0.15, 0.2) is 30.3 Å². The summed E-state index contributed by atoms with van der Waals surface area (Å²) in [5, 5.41) is 0. The van der Waals surface area contributed by atoms with Crippen molar-refractivity contribution in [3.8, 4) is 11.7 Å². The Kier molecular flexibility index (Phi) is 3.88. The second-order valence-electron chi connectivity index (χ2n) is 5.10. The first-order valence-corrected chi connectivity index (χ1v) is 5.91. The summed E-state index contributed by atoms with van der Waals surface area (Å²) in [7, 11) is -0.355. The van der Waals surface area contributed by atoms with Crippen molar-refractivity contribution in [1.29, 1.82) is 0 Å². The minimum absolute atomic E-state index is 0.109. The van der Waals surface area contributed by atoms with Crippen LogP contribution >= 0.6 is 0 Å². The fourth-order valence-electron chi connectivity index (χ4n) is 1.61. The molecule has 0 N–H and O–H groups in total. The molecule has 1 aromatic rings. The highest BCUT2D eigenvalue weighted by Gasteiger charge is 2.30. The van der Waals surface area contributed by atoms with Gasteiger partial charge >= 0.3 is 7.12 Å². The van der Waals surface area contributed by atoms with E-state index in [0.29, 0.717) is 13.2 Å². The lowest BCUT2D eigenvalue weighted by atomic mass is 9.84. The van der Waals surface area contributed by atoms with Gasteiger partial charge in [-0.25, -0.2) is 0 Å². The van der Waals surface area contributed by atoms with Gasteiger partial charge < -0.3 is 9.31 Å². The average molecular weight is 228 g/mol. The molecule has 0 saturated carbocycles. The molecule has 0 aromatic heterocycles. The van der Waals surface area contributed by atoms with E-state index in [2.05, 4.69) is 37.7 Å². The van der Waals surface area contributed by atoms with Gasteiger partial charge in [-0.15, -0.1) is 5.92 Å². The Labute approximate surface area is 103 Å². The Bertz CT molecular complexity index is 407. The van der Waals surface area contributed by atoms with Crippen LogP contribution in [0.3, 0.4) is 0 Å². The minimum atomic E-state index is -0.355. The molecule has 0 bridgehead atoms. The average Bonchev–Trinajstić information content (AvgIpc) is 2.33. The van der Waals surface area contributed by atoms with Crippen molar-refractivity contribution in [3.63, 3.8) is 0 Å². The number of rotatable bonds is 1. The molecule has 0 spiro atoms. The lowest BCUT2D eigenvalue weighted by Crippen LogP contribution is -2.40. The molecule has 1 saturated heterocycles. The molecule has 1 aliphatic rings. The summed E-state index contributed by atoms with van der Waals surface area (Å²) >= 11 is 0. The van der Waals surface area contributed by atoms with Crippen molar-refractivity contribution < 1.29 is 9.31 Å². The topological polar surface area (TPSA) is 18.5 Å². The van der Waals surface area contributed by atoms with E-state index in [1.165, 1.54) is 5.56 Å². The lowest BCUT2D eigenvalue weighted by Gasteiger charge is -2.31. The van der Waals surface area contributed by atoms with Gasteiger partial charge in [-0.1, -0.05) is 50.0 Å². The van der Waals surface area contributed by atoms with Gasteiger partial charge in [0.2, 0.25) is 0 Å². The van der Waals surface area contributed by atoms with Crippen LogP contribution in [-0.4, -0.2) is 20.3 Å². The Morgan fingerprint density at radius 2 is 1.82 bits per heavy atom. The molecule has 0 atom stereocenters. The van der Waals surface area contributed by atoms with Crippen LogP contribution in [0.4, 0.5) is 0 Å². The molecular weight excluding hydrogens is 211 g/mol. The maximum Gasteiger partial charge on any atom is 0.550 e. The molecule has 0 aliphatic carbocycles. The Hall–Kier alpha value is -1.24. The van der Waals surface area contributed by atoms with Crippen molar-refractivity contribution in [2.45, 2.75) is 20.3 Å². The van der Waals surface area contributed by atoms with Crippen molar-refractivity contribution in [2.24, 2.45) is 5.41 Å². The highest BCUT2D eigenvalue weighted by atomic mass is 16.6. The first-order valence-electron chi connectivity index (χ1n) is 5.91. The first-order chi connectivity index (χ1) is 8.16. The predicted molar refractivity (Wildman–Crippen MR) is 69.4 cm³/mol. The third kappa shape index (κ3) is 3.92. The molecule has 88 valence electrons. The molecule has 2 nitrogen and oxygen atoms in total. The van der Waals surface area contributed by atoms with Crippen LogP contribution in [-0.2, 0) is 15.7 Å². The maximum absolute atomic E-state index is 5.54. The molecule has 3 heteroatoms. The zero-order chi connectivity index (χ0) is 12.1. The van der Waals surface area contributed by atoms with Crippen LogP contribution < -0.4 is 0 Å². The van der Waals surface area contributed by atoms with E-state index in [1.807, 2.05) is 18.2 Å². The molecule has 17 heavy (non-hydrogen) atoms. The van der Waals surface area contributed by atoms with E-state index in [9.17, 15) is 0 Å². The summed E-state index contributed by atoms with van der Waals surface area (Å²) in [6.45, 7) is 5.66. The highest BCUT2D eigenvalue weighted by Crippen LogP contribution is 2.20. The monoisotopic (exact) mass is 228 g/mol. The second-order valence-corrected chi connectivity index (χ2v) is 5.10. The van der Waals surface area contributed by atoms with E-state index in [4.69, 9.17) is 9.31 Å². The summed E-state index contributed by atoms with van der Waals surface area (Å²) < 4.78 is 11.1. The predicted octanol–water partition coefficient (Wildman–Crippen LogP) is 2.33. The molecule has 0 unspecified atom stereocenters. The summed E-state index contributed by atoms with van der Waals surface area (Å²) in [5.41, 5.74) is 1.33. The van der Waals surface area contributed by atoms with E-state index < -0.39 is 0 Å². The van der Waals surface area contributed by atoms with E-state index in [1.54, 1.807) is 0 Å². The normalized spacial score (nSPS) is 18.4. The fourth-order valence-corrected chi connectivity index (χ4v) is 1.61. The number of hydrogen-bond donors (Lipinski definition) is 0. The number of benzene rings is 1. The maximum atomic E-state index is 5.54. The first kappa shape index (κ1) is 12.2. The molecule has 2 rings (SSSR count). The van der Waals surface area contributed by atoms with Crippen LogP contribution in [0.25, 0.3) is 0 Å². The smallest absolute Gasteiger partial charge is 0.400 e. The van der Waals surface area contributed by atoms with E-state index in [0.717, 1.165) is 6.42 Å². The third-order valence-corrected chi connectivity index (χ3v) is 2.61. The molecular formula is C14H17BO2. The lowest BCUT2D eigenvalue weighted by molar-refractivity contribution is 0.0347. The van der Waals surface area contributed by atoms with Gasteiger partial charge in [-0.3, -0.25) is 0 Å². The number of hydrogen-bond acceptors (Lipinski definition) is 2. The largest absolute Gasteiger partial charge is 0.550 e. The van der Waals surface area contributed by atoms with Crippen molar-refractivity contribution in [2.75, 3.05) is 13.2 Å². The molecule has 1 aromatic carbocycles. The Morgan fingerprint density at radius 1 is 1.18 bits per heavy atom. The van der Waals surface area contributed by atoms with E-state index >= 15 is 0 Å². The highest BCUT2D eigenvalue weighted by molar-refractivity contribution is 6.54. The van der Waals surface area contributed by atoms with Gasteiger partial charge in [-0.2, -0.15) is 0 Å². The SMILES string of the molecule is CC1(C)COB(C#CCc2ccccc2)OC1. The van der Waals surface area contributed by atoms with Gasteiger partial charge in [0.05, 0.1) is 0 Å². The standard InChI is InChI=1S/C14H17BO2/c1-14(2)11-16-15(17-12-14)10-6-9-13-7-4-3-5-8-13/h3-5,7-8H,9,11-12H2,1-2H3.